The van der Waals surface area contributed by atoms with Gasteiger partial charge in [0, 0.05) is 31.6 Å². The van der Waals surface area contributed by atoms with Crippen molar-refractivity contribution in [2.75, 3.05) is 17.2 Å². The van der Waals surface area contributed by atoms with Gasteiger partial charge >= 0.3 is 0 Å². The van der Waals surface area contributed by atoms with Gasteiger partial charge < -0.3 is 10.2 Å². The number of nitrogens with one attached hydrogen (secondary N) is 1. The molecule has 0 radical (unpaired) electrons. The van der Waals surface area contributed by atoms with Crippen LogP contribution in [-0.2, 0) is 25.8 Å². The molecule has 3 rings (SSSR count). The minimum Gasteiger partial charge on any atom is -0.353 e. The number of hydrogen-bond acceptors (Lipinski definition) is 4. The van der Waals surface area contributed by atoms with Gasteiger partial charge in [0.25, 0.3) is 0 Å². The molecule has 1 N–H and O–H groups in total. The Bertz CT molecular complexity index is 798. The fraction of sp³-hybridized carbons (Fsp3) is 0.579. The molecule has 1 aliphatic carbocycles. The lowest BCUT2D eigenvalue weighted by atomic mass is 10.0. The minimum atomic E-state index is -3.52. The summed E-state index contributed by atoms with van der Waals surface area (Å²) in [4.78, 5) is 25.7. The molecule has 1 saturated carbocycles. The molecule has 0 unspecified atom stereocenters. The number of amides is 2. The van der Waals surface area contributed by atoms with Gasteiger partial charge in [0.05, 0.1) is 10.6 Å². The van der Waals surface area contributed by atoms with E-state index in [2.05, 4.69) is 5.32 Å². The number of rotatable bonds is 5. The summed E-state index contributed by atoms with van der Waals surface area (Å²) in [7, 11) is -3.52. The number of sulfone groups is 1. The van der Waals surface area contributed by atoms with Crippen LogP contribution in [-0.4, -0.2) is 38.6 Å². The van der Waals surface area contributed by atoms with Gasteiger partial charge in [0.1, 0.15) is 0 Å². The number of nitrogens with zero attached hydrogens (tertiary/aromatic N) is 1. The quantitative estimate of drug-likeness (QED) is 0.851. The number of fused-ring (bicyclic) bond motifs is 1. The van der Waals surface area contributed by atoms with Crippen molar-refractivity contribution in [1.29, 1.82) is 0 Å². The van der Waals surface area contributed by atoms with E-state index in [1.807, 2.05) is 0 Å². The highest BCUT2D eigenvalue weighted by molar-refractivity contribution is 7.91. The lowest BCUT2D eigenvalue weighted by Gasteiger charge is -2.28. The summed E-state index contributed by atoms with van der Waals surface area (Å²) in [6.45, 7) is 2.18. The fourth-order valence-corrected chi connectivity index (χ4v) is 5.10. The van der Waals surface area contributed by atoms with E-state index < -0.39 is 9.84 Å². The maximum Gasteiger partial charge on any atom is 0.223 e. The van der Waals surface area contributed by atoms with Crippen molar-refractivity contribution in [2.45, 2.75) is 62.8 Å². The monoisotopic (exact) mass is 378 g/mol. The third-order valence-corrected chi connectivity index (χ3v) is 6.94. The Hall–Kier alpha value is -1.89. The third kappa shape index (κ3) is 4.26. The van der Waals surface area contributed by atoms with Gasteiger partial charge in [-0.05, 0) is 49.4 Å². The smallest absolute Gasteiger partial charge is 0.223 e. The summed E-state index contributed by atoms with van der Waals surface area (Å²) in [5.41, 5.74) is 1.67. The van der Waals surface area contributed by atoms with E-state index in [9.17, 15) is 18.0 Å². The Morgan fingerprint density at radius 2 is 1.92 bits per heavy atom. The van der Waals surface area contributed by atoms with E-state index in [0.29, 0.717) is 6.54 Å². The highest BCUT2D eigenvalue weighted by Crippen LogP contribution is 2.30. The Morgan fingerprint density at radius 1 is 1.19 bits per heavy atom. The molecule has 7 heteroatoms. The molecule has 2 aliphatic rings. The van der Waals surface area contributed by atoms with Crippen molar-refractivity contribution >= 4 is 27.3 Å². The predicted molar refractivity (Wildman–Crippen MR) is 99.9 cm³/mol. The Balaban J connectivity index is 1.67. The first-order valence-electron chi connectivity index (χ1n) is 9.30. The summed E-state index contributed by atoms with van der Waals surface area (Å²) in [6.07, 6.45) is 5.76. The largest absolute Gasteiger partial charge is 0.353 e. The minimum absolute atomic E-state index is 0.0184. The fourth-order valence-electron chi connectivity index (χ4n) is 3.81. The zero-order valence-electron chi connectivity index (χ0n) is 15.2. The van der Waals surface area contributed by atoms with Gasteiger partial charge in [-0.25, -0.2) is 8.42 Å². The van der Waals surface area contributed by atoms with Crippen LogP contribution in [0.5, 0.6) is 0 Å². The molecule has 0 aromatic heterocycles. The molecule has 1 aromatic rings. The second-order valence-electron chi connectivity index (χ2n) is 7.18. The van der Waals surface area contributed by atoms with E-state index >= 15 is 0 Å². The molecule has 0 spiro atoms. The average Bonchev–Trinajstić information content (AvgIpc) is 3.12. The topological polar surface area (TPSA) is 83.6 Å². The number of hydrogen-bond donors (Lipinski definition) is 1. The van der Waals surface area contributed by atoms with E-state index in [1.165, 1.54) is 6.92 Å². The van der Waals surface area contributed by atoms with E-state index in [0.717, 1.165) is 49.8 Å². The van der Waals surface area contributed by atoms with Gasteiger partial charge in [-0.3, -0.25) is 9.59 Å². The Morgan fingerprint density at radius 3 is 2.62 bits per heavy atom. The standard InChI is InChI=1S/C19H26N2O4S/c1-14(22)21-11-4-5-15-13-17(8-9-18(15)21)26(24,25)12-10-19(23)20-16-6-2-3-7-16/h8-9,13,16H,2-7,10-12H2,1H3,(H,20,23). The first-order valence-corrected chi connectivity index (χ1v) is 11.0. The normalized spacial score (nSPS) is 17.8. The second-order valence-corrected chi connectivity index (χ2v) is 9.29. The predicted octanol–water partition coefficient (Wildman–Crippen LogP) is 2.21. The zero-order chi connectivity index (χ0) is 18.7. The van der Waals surface area contributed by atoms with E-state index in [4.69, 9.17) is 0 Å². The van der Waals surface area contributed by atoms with Gasteiger partial charge in [-0.1, -0.05) is 12.8 Å². The van der Waals surface area contributed by atoms with Crippen LogP contribution >= 0.6 is 0 Å². The molecule has 2 amide bonds. The number of aryl methyl sites for hydroxylation is 1. The summed E-state index contributed by atoms with van der Waals surface area (Å²) in [5, 5.41) is 2.92. The number of carbonyl (C=O) groups excluding carboxylic acids is 2. The van der Waals surface area contributed by atoms with E-state index in [1.54, 1.807) is 23.1 Å². The molecule has 1 fully saturated rings. The second kappa shape index (κ2) is 7.78. The van der Waals surface area contributed by atoms with Crippen LogP contribution in [0.25, 0.3) is 0 Å². The molecule has 0 saturated heterocycles. The van der Waals surface area contributed by atoms with Gasteiger partial charge in [-0.2, -0.15) is 0 Å². The molecular formula is C19H26N2O4S. The lowest BCUT2D eigenvalue weighted by Crippen LogP contribution is -2.34. The number of anilines is 1. The molecule has 1 aromatic carbocycles. The van der Waals surface area contributed by atoms with Crippen LogP contribution < -0.4 is 10.2 Å². The van der Waals surface area contributed by atoms with Gasteiger partial charge in [0.15, 0.2) is 9.84 Å². The SMILES string of the molecule is CC(=O)N1CCCc2cc(S(=O)(=O)CCC(=O)NC3CCCC3)ccc21. The highest BCUT2D eigenvalue weighted by atomic mass is 32.2. The molecule has 6 nitrogen and oxygen atoms in total. The molecule has 142 valence electrons. The van der Waals surface area contributed by atoms with Crippen molar-refractivity contribution in [3.05, 3.63) is 23.8 Å². The van der Waals surface area contributed by atoms with Crippen molar-refractivity contribution in [3.63, 3.8) is 0 Å². The van der Waals surface area contributed by atoms with Crippen LogP contribution in [0.3, 0.4) is 0 Å². The van der Waals surface area contributed by atoms with Gasteiger partial charge in [-0.15, -0.1) is 0 Å². The average molecular weight is 378 g/mol. The van der Waals surface area contributed by atoms with Gasteiger partial charge in [0.2, 0.25) is 11.8 Å². The van der Waals surface area contributed by atoms with Crippen molar-refractivity contribution in [3.8, 4) is 0 Å². The van der Waals surface area contributed by atoms with Crippen LogP contribution in [0.1, 0.15) is 51.0 Å². The molecule has 1 aliphatic heterocycles. The van der Waals surface area contributed by atoms with Crippen molar-refractivity contribution in [1.82, 2.24) is 5.32 Å². The van der Waals surface area contributed by atoms with Crippen LogP contribution in [0.4, 0.5) is 5.69 Å². The van der Waals surface area contributed by atoms with Crippen LogP contribution in [0.15, 0.2) is 23.1 Å². The van der Waals surface area contributed by atoms with Crippen LogP contribution in [0.2, 0.25) is 0 Å². The maximum absolute atomic E-state index is 12.6. The van der Waals surface area contributed by atoms with Crippen molar-refractivity contribution in [2.24, 2.45) is 0 Å². The van der Waals surface area contributed by atoms with E-state index in [-0.39, 0.29) is 34.9 Å². The lowest BCUT2D eigenvalue weighted by molar-refractivity contribution is -0.121. The number of carbonyl (C=O) groups is 2. The van der Waals surface area contributed by atoms with Crippen LogP contribution in [0, 0.1) is 0 Å². The van der Waals surface area contributed by atoms with Crippen molar-refractivity contribution < 1.29 is 18.0 Å². The first-order chi connectivity index (χ1) is 12.4. The molecule has 0 atom stereocenters. The summed E-state index contributed by atoms with van der Waals surface area (Å²) in [5.74, 6) is -0.424. The molecule has 26 heavy (non-hydrogen) atoms. The first kappa shape index (κ1) is 18.9. The maximum atomic E-state index is 12.6. The highest BCUT2D eigenvalue weighted by Gasteiger charge is 2.24. The Kier molecular flexibility index (Phi) is 5.65. The molecule has 0 bridgehead atoms. The summed E-state index contributed by atoms with van der Waals surface area (Å²) < 4.78 is 25.2. The summed E-state index contributed by atoms with van der Waals surface area (Å²) in [6, 6.07) is 5.12. The number of benzene rings is 1. The summed E-state index contributed by atoms with van der Waals surface area (Å²) >= 11 is 0. The zero-order valence-corrected chi connectivity index (χ0v) is 16.0. The molecular weight excluding hydrogens is 352 g/mol. The third-order valence-electron chi connectivity index (χ3n) is 5.23. The molecule has 1 heterocycles. The Labute approximate surface area is 154 Å².